The Labute approximate surface area is 161 Å². The normalized spacial score (nSPS) is 11.4. The number of hydrogen-bond donors (Lipinski definition) is 1. The predicted octanol–water partition coefficient (Wildman–Crippen LogP) is 4.37. The van der Waals surface area contributed by atoms with Gasteiger partial charge in [-0.25, -0.2) is 9.18 Å². The summed E-state index contributed by atoms with van der Waals surface area (Å²) in [6.07, 6.45) is -1.21. The molecule has 0 radical (unpaired) electrons. The maximum Gasteiger partial charge on any atom is 0.339 e. The number of nitrogens with one attached hydrogen (secondary N) is 1. The van der Waals surface area contributed by atoms with Crippen LogP contribution in [0.25, 0.3) is 0 Å². The van der Waals surface area contributed by atoms with Crippen LogP contribution in [-0.4, -0.2) is 19.0 Å². The van der Waals surface area contributed by atoms with Crippen LogP contribution in [-0.2, 0) is 9.53 Å². The van der Waals surface area contributed by atoms with E-state index in [1.165, 1.54) is 25.3 Å². The summed E-state index contributed by atoms with van der Waals surface area (Å²) in [5.41, 5.74) is 1.01. The zero-order valence-corrected chi connectivity index (χ0v) is 15.1. The van der Waals surface area contributed by atoms with E-state index >= 15 is 0 Å². The first-order valence-electron chi connectivity index (χ1n) is 8.53. The Morgan fingerprint density at radius 2 is 1.68 bits per heavy atom. The minimum atomic E-state index is -1.21. The van der Waals surface area contributed by atoms with Gasteiger partial charge in [-0.15, -0.1) is 0 Å². The quantitative estimate of drug-likeness (QED) is 0.646. The maximum atomic E-state index is 13.4. The minimum absolute atomic E-state index is 0.0233. The van der Waals surface area contributed by atoms with Crippen molar-refractivity contribution in [2.45, 2.75) is 6.10 Å². The van der Waals surface area contributed by atoms with Crippen LogP contribution in [0.1, 0.15) is 22.0 Å². The molecule has 3 aromatic rings. The Morgan fingerprint density at radius 3 is 2.39 bits per heavy atom. The molecule has 5 nitrogen and oxygen atoms in total. The van der Waals surface area contributed by atoms with Gasteiger partial charge in [-0.2, -0.15) is 0 Å². The molecule has 0 aromatic heterocycles. The van der Waals surface area contributed by atoms with Gasteiger partial charge in [-0.1, -0.05) is 42.5 Å². The highest BCUT2D eigenvalue weighted by Gasteiger charge is 2.26. The molecule has 3 aromatic carbocycles. The number of esters is 1. The third kappa shape index (κ3) is 4.73. The van der Waals surface area contributed by atoms with Crippen LogP contribution in [0.2, 0.25) is 0 Å². The highest BCUT2D eigenvalue weighted by molar-refractivity contribution is 5.98. The van der Waals surface area contributed by atoms with Crippen LogP contribution in [0.4, 0.5) is 10.1 Å². The number of anilines is 1. The zero-order valence-electron chi connectivity index (χ0n) is 15.1. The molecule has 0 bridgehead atoms. The topological polar surface area (TPSA) is 64.6 Å². The van der Waals surface area contributed by atoms with Crippen molar-refractivity contribution in [3.8, 4) is 5.75 Å². The van der Waals surface area contributed by atoms with Crippen molar-refractivity contribution < 1.29 is 23.5 Å². The average molecular weight is 379 g/mol. The number of ether oxygens (including phenoxy) is 2. The molecule has 0 heterocycles. The van der Waals surface area contributed by atoms with Gasteiger partial charge in [0.2, 0.25) is 6.10 Å². The first-order chi connectivity index (χ1) is 13.6. The predicted molar refractivity (Wildman–Crippen MR) is 103 cm³/mol. The highest BCUT2D eigenvalue weighted by Crippen LogP contribution is 2.23. The number of hydrogen-bond acceptors (Lipinski definition) is 4. The summed E-state index contributed by atoms with van der Waals surface area (Å²) in [6, 6.07) is 20.5. The summed E-state index contributed by atoms with van der Waals surface area (Å²) in [5, 5.41) is 2.71. The van der Waals surface area contributed by atoms with Crippen LogP contribution in [0.15, 0.2) is 78.9 Å². The molecular formula is C22H18FNO4. The molecule has 0 saturated carbocycles. The third-order valence-corrected chi connectivity index (χ3v) is 3.96. The van der Waals surface area contributed by atoms with Crippen molar-refractivity contribution in [1.82, 2.24) is 0 Å². The number of benzene rings is 3. The molecule has 1 unspecified atom stereocenters. The molecule has 1 amide bonds. The standard InChI is InChI=1S/C22H18FNO4/c1-27-19-12-6-11-18(14-19)24-21(25)20(15-7-3-2-4-8-15)28-22(26)16-9-5-10-17(23)13-16/h2-14,20H,1H3,(H,24,25). The van der Waals surface area contributed by atoms with E-state index in [1.54, 1.807) is 54.6 Å². The summed E-state index contributed by atoms with van der Waals surface area (Å²) in [5.74, 6) is -1.32. The summed E-state index contributed by atoms with van der Waals surface area (Å²) in [6.45, 7) is 0. The van der Waals surface area contributed by atoms with Gasteiger partial charge in [0.1, 0.15) is 11.6 Å². The Hall–Kier alpha value is -3.67. The molecule has 0 aliphatic heterocycles. The van der Waals surface area contributed by atoms with Gasteiger partial charge >= 0.3 is 5.97 Å². The van der Waals surface area contributed by atoms with E-state index in [-0.39, 0.29) is 5.56 Å². The fourth-order valence-corrected chi connectivity index (χ4v) is 2.60. The lowest BCUT2D eigenvalue weighted by Crippen LogP contribution is -2.26. The van der Waals surface area contributed by atoms with Gasteiger partial charge in [0.25, 0.3) is 5.91 Å². The maximum absolute atomic E-state index is 13.4. The number of amides is 1. The average Bonchev–Trinajstić information content (AvgIpc) is 2.72. The van der Waals surface area contributed by atoms with Gasteiger partial charge in [0, 0.05) is 17.3 Å². The van der Waals surface area contributed by atoms with E-state index in [2.05, 4.69) is 5.32 Å². The van der Waals surface area contributed by atoms with E-state index in [9.17, 15) is 14.0 Å². The molecule has 0 saturated heterocycles. The SMILES string of the molecule is COc1cccc(NC(=O)C(OC(=O)c2cccc(F)c2)c2ccccc2)c1. The smallest absolute Gasteiger partial charge is 0.339 e. The van der Waals surface area contributed by atoms with Crippen LogP contribution in [0, 0.1) is 5.82 Å². The highest BCUT2D eigenvalue weighted by atomic mass is 19.1. The lowest BCUT2D eigenvalue weighted by atomic mass is 10.1. The van der Waals surface area contributed by atoms with Gasteiger partial charge in [0.05, 0.1) is 12.7 Å². The van der Waals surface area contributed by atoms with E-state index < -0.39 is 23.8 Å². The van der Waals surface area contributed by atoms with Gasteiger partial charge in [0.15, 0.2) is 0 Å². The van der Waals surface area contributed by atoms with Crippen molar-refractivity contribution in [1.29, 1.82) is 0 Å². The minimum Gasteiger partial charge on any atom is -0.497 e. The first kappa shape index (κ1) is 19.1. The Kier molecular flexibility index (Phi) is 6.01. The molecule has 0 spiro atoms. The van der Waals surface area contributed by atoms with Crippen molar-refractivity contribution in [3.63, 3.8) is 0 Å². The summed E-state index contributed by atoms with van der Waals surface area (Å²) in [4.78, 5) is 25.3. The number of carbonyl (C=O) groups excluding carboxylic acids is 2. The summed E-state index contributed by atoms with van der Waals surface area (Å²) < 4.78 is 24.0. The van der Waals surface area contributed by atoms with E-state index in [0.29, 0.717) is 17.0 Å². The third-order valence-electron chi connectivity index (χ3n) is 3.96. The number of halogens is 1. The van der Waals surface area contributed by atoms with Crippen LogP contribution < -0.4 is 10.1 Å². The lowest BCUT2D eigenvalue weighted by molar-refractivity contribution is -0.125. The fraction of sp³-hybridized carbons (Fsp3) is 0.0909. The van der Waals surface area contributed by atoms with Gasteiger partial charge < -0.3 is 14.8 Å². The Balaban J connectivity index is 1.84. The van der Waals surface area contributed by atoms with Crippen LogP contribution in [0.3, 0.4) is 0 Å². The number of methoxy groups -OCH3 is 1. The molecular weight excluding hydrogens is 361 g/mol. The van der Waals surface area contributed by atoms with Crippen molar-refractivity contribution in [2.75, 3.05) is 12.4 Å². The molecule has 0 aliphatic carbocycles. The Morgan fingerprint density at radius 1 is 0.929 bits per heavy atom. The Bertz CT molecular complexity index is 975. The lowest BCUT2D eigenvalue weighted by Gasteiger charge is -2.18. The fourth-order valence-electron chi connectivity index (χ4n) is 2.60. The molecule has 3 rings (SSSR count). The van der Waals surface area contributed by atoms with Crippen molar-refractivity contribution in [2.24, 2.45) is 0 Å². The summed E-state index contributed by atoms with van der Waals surface area (Å²) >= 11 is 0. The molecule has 6 heteroatoms. The molecule has 1 N–H and O–H groups in total. The second kappa shape index (κ2) is 8.81. The van der Waals surface area contributed by atoms with Crippen molar-refractivity contribution >= 4 is 17.6 Å². The second-order valence-electron chi connectivity index (χ2n) is 5.93. The molecule has 0 aliphatic rings. The van der Waals surface area contributed by atoms with Gasteiger partial charge in [-0.3, -0.25) is 4.79 Å². The molecule has 1 atom stereocenters. The van der Waals surface area contributed by atoms with Crippen LogP contribution in [0.5, 0.6) is 5.75 Å². The first-order valence-corrected chi connectivity index (χ1v) is 8.53. The second-order valence-corrected chi connectivity index (χ2v) is 5.93. The monoisotopic (exact) mass is 379 g/mol. The van der Waals surface area contributed by atoms with E-state index in [4.69, 9.17) is 9.47 Å². The molecule has 0 fully saturated rings. The molecule has 28 heavy (non-hydrogen) atoms. The van der Waals surface area contributed by atoms with E-state index in [1.807, 2.05) is 0 Å². The summed E-state index contributed by atoms with van der Waals surface area (Å²) in [7, 11) is 1.52. The molecule has 142 valence electrons. The van der Waals surface area contributed by atoms with E-state index in [0.717, 1.165) is 6.07 Å². The number of rotatable bonds is 6. The van der Waals surface area contributed by atoms with Gasteiger partial charge in [-0.05, 0) is 30.3 Å². The zero-order chi connectivity index (χ0) is 19.9. The van der Waals surface area contributed by atoms with Crippen molar-refractivity contribution in [3.05, 3.63) is 95.8 Å². The van der Waals surface area contributed by atoms with Crippen LogP contribution >= 0.6 is 0 Å². The number of carbonyl (C=O) groups is 2. The largest absolute Gasteiger partial charge is 0.497 e.